The van der Waals surface area contributed by atoms with E-state index >= 15 is 0 Å². The number of hydrogen-bond donors (Lipinski definition) is 2. The van der Waals surface area contributed by atoms with Gasteiger partial charge in [0.15, 0.2) is 0 Å². The Kier molecular flexibility index (Phi) is 7.37. The molecule has 2 rings (SSSR count). The third-order valence-corrected chi connectivity index (χ3v) is 4.17. The van der Waals surface area contributed by atoms with Crippen LogP contribution in [0.5, 0.6) is 0 Å². The highest BCUT2D eigenvalue weighted by Gasteiger charge is 2.26. The Labute approximate surface area is 151 Å². The van der Waals surface area contributed by atoms with Crippen molar-refractivity contribution in [2.75, 3.05) is 26.2 Å². The lowest BCUT2D eigenvalue weighted by molar-refractivity contribution is -0.139. The Morgan fingerprint density at radius 3 is 2.42 bits per heavy atom. The number of rotatable bonds is 5. The predicted octanol–water partition coefficient (Wildman–Crippen LogP) is 1.22. The average Bonchev–Trinajstić information content (AvgIpc) is 2.64. The van der Waals surface area contributed by atoms with E-state index in [0.717, 1.165) is 5.56 Å². The van der Waals surface area contributed by atoms with Gasteiger partial charge in [-0.2, -0.15) is 0 Å². The standard InChI is InChI=1S/C18H24FN3O4/c1-2-26-18(25)22-11-8-15(9-12-22)21-17(24)16(23)20-10-7-13-3-5-14(19)6-4-13/h3-6,15H,2,7-12H2,1H3,(H,20,23)(H,21,24). The van der Waals surface area contributed by atoms with Crippen LogP contribution in [0.15, 0.2) is 24.3 Å². The van der Waals surface area contributed by atoms with Gasteiger partial charge in [-0.25, -0.2) is 9.18 Å². The van der Waals surface area contributed by atoms with Gasteiger partial charge in [-0.15, -0.1) is 0 Å². The third-order valence-electron chi connectivity index (χ3n) is 4.17. The minimum Gasteiger partial charge on any atom is -0.450 e. The maximum Gasteiger partial charge on any atom is 0.409 e. The van der Waals surface area contributed by atoms with Crippen LogP contribution in [0, 0.1) is 5.82 Å². The second-order valence-corrected chi connectivity index (χ2v) is 6.07. The molecule has 0 bridgehead atoms. The molecule has 1 saturated heterocycles. The molecule has 1 aromatic carbocycles. The number of benzene rings is 1. The highest BCUT2D eigenvalue weighted by Crippen LogP contribution is 2.11. The summed E-state index contributed by atoms with van der Waals surface area (Å²) in [6, 6.07) is 5.84. The molecule has 0 saturated carbocycles. The van der Waals surface area contributed by atoms with Crippen molar-refractivity contribution in [1.82, 2.24) is 15.5 Å². The lowest BCUT2D eigenvalue weighted by Crippen LogP contribution is -2.50. The Morgan fingerprint density at radius 2 is 1.81 bits per heavy atom. The summed E-state index contributed by atoms with van der Waals surface area (Å²) in [6.07, 6.45) is 1.31. The van der Waals surface area contributed by atoms with Gasteiger partial charge in [-0.1, -0.05) is 12.1 Å². The van der Waals surface area contributed by atoms with E-state index in [9.17, 15) is 18.8 Å². The Morgan fingerprint density at radius 1 is 1.15 bits per heavy atom. The van der Waals surface area contributed by atoms with Crippen molar-refractivity contribution >= 4 is 17.9 Å². The third kappa shape index (κ3) is 6.02. The molecular formula is C18H24FN3O4. The number of amides is 3. The summed E-state index contributed by atoms with van der Waals surface area (Å²) in [5, 5.41) is 5.24. The molecule has 1 aliphatic heterocycles. The summed E-state index contributed by atoms with van der Waals surface area (Å²) in [5.74, 6) is -1.69. The molecule has 0 radical (unpaired) electrons. The molecule has 0 unspecified atom stereocenters. The summed E-state index contributed by atoms with van der Waals surface area (Å²) < 4.78 is 17.8. The summed E-state index contributed by atoms with van der Waals surface area (Å²) in [4.78, 5) is 37.0. The summed E-state index contributed by atoms with van der Waals surface area (Å²) in [5.41, 5.74) is 0.874. The highest BCUT2D eigenvalue weighted by atomic mass is 19.1. The molecule has 1 aliphatic rings. The van der Waals surface area contributed by atoms with E-state index in [2.05, 4.69) is 10.6 Å². The van der Waals surface area contributed by atoms with Gasteiger partial charge in [0.25, 0.3) is 0 Å². The predicted molar refractivity (Wildman–Crippen MR) is 92.9 cm³/mol. The molecule has 0 spiro atoms. The van der Waals surface area contributed by atoms with Gasteiger partial charge in [0.2, 0.25) is 0 Å². The molecule has 1 heterocycles. The van der Waals surface area contributed by atoms with Gasteiger partial charge in [0.1, 0.15) is 5.82 Å². The smallest absolute Gasteiger partial charge is 0.409 e. The minimum absolute atomic E-state index is 0.143. The minimum atomic E-state index is -0.695. The second kappa shape index (κ2) is 9.74. The van der Waals surface area contributed by atoms with Crippen LogP contribution in [0.1, 0.15) is 25.3 Å². The fourth-order valence-corrected chi connectivity index (χ4v) is 2.72. The molecule has 1 fully saturated rings. The first-order chi connectivity index (χ1) is 12.5. The first kappa shape index (κ1) is 19.7. The Hall–Kier alpha value is -2.64. The number of carbonyl (C=O) groups is 3. The molecule has 8 heteroatoms. The van der Waals surface area contributed by atoms with Crippen LogP contribution >= 0.6 is 0 Å². The topological polar surface area (TPSA) is 87.7 Å². The quantitative estimate of drug-likeness (QED) is 0.768. The SMILES string of the molecule is CCOC(=O)N1CCC(NC(=O)C(=O)NCCc2ccc(F)cc2)CC1. The monoisotopic (exact) mass is 365 g/mol. The van der Waals surface area contributed by atoms with Crippen LogP contribution in [-0.2, 0) is 20.7 Å². The Bertz CT molecular complexity index is 628. The molecule has 0 aliphatic carbocycles. The molecule has 3 amide bonds. The van der Waals surface area contributed by atoms with Crippen molar-refractivity contribution < 1.29 is 23.5 Å². The summed E-state index contributed by atoms with van der Waals surface area (Å²) in [6.45, 7) is 3.33. The first-order valence-electron chi connectivity index (χ1n) is 8.74. The second-order valence-electron chi connectivity index (χ2n) is 6.07. The van der Waals surface area contributed by atoms with Crippen LogP contribution in [0.3, 0.4) is 0 Å². The molecule has 142 valence electrons. The van der Waals surface area contributed by atoms with E-state index in [1.54, 1.807) is 24.0 Å². The van der Waals surface area contributed by atoms with Gasteiger partial charge >= 0.3 is 17.9 Å². The van der Waals surface area contributed by atoms with Gasteiger partial charge in [0.05, 0.1) is 6.61 Å². The van der Waals surface area contributed by atoms with Crippen LogP contribution in [0.2, 0.25) is 0 Å². The number of likely N-dealkylation sites (tertiary alicyclic amines) is 1. The zero-order valence-electron chi connectivity index (χ0n) is 14.8. The van der Waals surface area contributed by atoms with Crippen molar-refractivity contribution in [1.29, 1.82) is 0 Å². The normalized spacial score (nSPS) is 14.6. The van der Waals surface area contributed by atoms with E-state index < -0.39 is 11.8 Å². The number of nitrogens with zero attached hydrogens (tertiary/aromatic N) is 1. The molecular weight excluding hydrogens is 341 g/mol. The number of nitrogens with one attached hydrogen (secondary N) is 2. The van der Waals surface area contributed by atoms with Crippen molar-refractivity contribution in [3.8, 4) is 0 Å². The molecule has 0 aromatic heterocycles. The molecule has 2 N–H and O–H groups in total. The van der Waals surface area contributed by atoms with Gasteiger partial charge < -0.3 is 20.3 Å². The van der Waals surface area contributed by atoms with E-state index in [1.165, 1.54) is 12.1 Å². The van der Waals surface area contributed by atoms with Crippen LogP contribution in [-0.4, -0.2) is 55.1 Å². The summed E-state index contributed by atoms with van der Waals surface area (Å²) >= 11 is 0. The fraction of sp³-hybridized carbons (Fsp3) is 0.500. The fourth-order valence-electron chi connectivity index (χ4n) is 2.72. The van der Waals surface area contributed by atoms with E-state index in [0.29, 0.717) is 45.5 Å². The van der Waals surface area contributed by atoms with E-state index in [1.807, 2.05) is 0 Å². The first-order valence-corrected chi connectivity index (χ1v) is 8.74. The maximum absolute atomic E-state index is 12.8. The van der Waals surface area contributed by atoms with Crippen molar-refractivity contribution in [3.05, 3.63) is 35.6 Å². The number of halogens is 1. The average molecular weight is 365 g/mol. The van der Waals surface area contributed by atoms with Crippen molar-refractivity contribution in [2.24, 2.45) is 0 Å². The number of carbonyl (C=O) groups excluding carboxylic acids is 3. The van der Waals surface area contributed by atoms with Crippen LogP contribution < -0.4 is 10.6 Å². The van der Waals surface area contributed by atoms with E-state index in [4.69, 9.17) is 4.74 Å². The van der Waals surface area contributed by atoms with Crippen molar-refractivity contribution in [2.45, 2.75) is 32.2 Å². The van der Waals surface area contributed by atoms with E-state index in [-0.39, 0.29) is 18.0 Å². The van der Waals surface area contributed by atoms with Gasteiger partial charge in [-0.05, 0) is 43.9 Å². The van der Waals surface area contributed by atoms with Crippen molar-refractivity contribution in [3.63, 3.8) is 0 Å². The maximum atomic E-state index is 12.8. The zero-order chi connectivity index (χ0) is 18.9. The lowest BCUT2D eigenvalue weighted by atomic mass is 10.1. The lowest BCUT2D eigenvalue weighted by Gasteiger charge is -2.31. The van der Waals surface area contributed by atoms with Crippen LogP contribution in [0.25, 0.3) is 0 Å². The molecule has 0 atom stereocenters. The number of ether oxygens (including phenoxy) is 1. The molecule has 7 nitrogen and oxygen atoms in total. The van der Waals surface area contributed by atoms with Gasteiger partial charge in [0, 0.05) is 25.7 Å². The van der Waals surface area contributed by atoms with Crippen LogP contribution in [0.4, 0.5) is 9.18 Å². The molecule has 1 aromatic rings. The zero-order valence-corrected chi connectivity index (χ0v) is 14.8. The summed E-state index contributed by atoms with van der Waals surface area (Å²) in [7, 11) is 0. The molecule has 26 heavy (non-hydrogen) atoms. The Balaban J connectivity index is 1.66. The number of piperidine rings is 1. The number of hydrogen-bond acceptors (Lipinski definition) is 4. The largest absolute Gasteiger partial charge is 0.450 e. The van der Waals surface area contributed by atoms with Gasteiger partial charge in [-0.3, -0.25) is 9.59 Å². The highest BCUT2D eigenvalue weighted by molar-refractivity contribution is 6.35.